The lowest BCUT2D eigenvalue weighted by atomic mass is 10.4. The van der Waals surface area contributed by atoms with Gasteiger partial charge >= 0.3 is 5.97 Å². The summed E-state index contributed by atoms with van der Waals surface area (Å²) >= 11 is 2.36. The number of thioether (sulfide) groups is 1. The summed E-state index contributed by atoms with van der Waals surface area (Å²) in [5.41, 5.74) is 0.490. The Labute approximate surface area is 101 Å². The first kappa shape index (κ1) is 13.0. The van der Waals surface area contributed by atoms with Gasteiger partial charge in [0.15, 0.2) is 4.34 Å². The van der Waals surface area contributed by atoms with E-state index in [0.29, 0.717) is 10.0 Å². The highest BCUT2D eigenvalue weighted by Gasteiger charge is 2.18. The number of aromatic carboxylic acids is 1. The average Bonchev–Trinajstić information content (AvgIpc) is 2.58. The third kappa shape index (κ3) is 2.96. The molecule has 0 fully saturated rings. The number of nitrogens with zero attached hydrogens (tertiary/aromatic N) is 1. The summed E-state index contributed by atoms with van der Waals surface area (Å²) in [4.78, 5) is 26.4. The summed E-state index contributed by atoms with van der Waals surface area (Å²) in [5, 5.41) is 11.1. The van der Waals surface area contributed by atoms with E-state index in [2.05, 4.69) is 10.3 Å². The summed E-state index contributed by atoms with van der Waals surface area (Å²) in [6.07, 6.45) is 0. The van der Waals surface area contributed by atoms with Gasteiger partial charge in [-0.3, -0.25) is 4.79 Å². The molecule has 1 aromatic rings. The molecule has 1 heterocycles. The van der Waals surface area contributed by atoms with Crippen molar-refractivity contribution in [1.29, 1.82) is 0 Å². The Morgan fingerprint density at radius 3 is 2.62 bits per heavy atom. The summed E-state index contributed by atoms with van der Waals surface area (Å²) in [6.45, 7) is 3.40. The fourth-order valence-corrected chi connectivity index (χ4v) is 3.26. The molecule has 0 aliphatic carbocycles. The summed E-state index contributed by atoms with van der Waals surface area (Å²) < 4.78 is 0.603. The van der Waals surface area contributed by atoms with Gasteiger partial charge in [-0.05, 0) is 13.8 Å². The molecule has 1 aromatic heterocycles. The van der Waals surface area contributed by atoms with Crippen LogP contribution in [0.15, 0.2) is 4.34 Å². The maximum Gasteiger partial charge on any atom is 0.347 e. The van der Waals surface area contributed by atoms with E-state index in [9.17, 15) is 9.59 Å². The number of thiazole rings is 1. The van der Waals surface area contributed by atoms with Crippen molar-refractivity contribution in [2.75, 3.05) is 7.05 Å². The van der Waals surface area contributed by atoms with Crippen molar-refractivity contribution in [2.45, 2.75) is 23.4 Å². The van der Waals surface area contributed by atoms with Crippen LogP contribution < -0.4 is 5.32 Å². The number of carbonyl (C=O) groups is 2. The molecule has 0 bridgehead atoms. The molecular formula is C9H12N2O3S2. The van der Waals surface area contributed by atoms with Crippen molar-refractivity contribution >= 4 is 35.0 Å². The van der Waals surface area contributed by atoms with Gasteiger partial charge in [-0.15, -0.1) is 11.3 Å². The lowest BCUT2D eigenvalue weighted by Gasteiger charge is -2.05. The van der Waals surface area contributed by atoms with E-state index in [1.54, 1.807) is 20.9 Å². The minimum atomic E-state index is -0.977. The van der Waals surface area contributed by atoms with Crippen LogP contribution in [-0.2, 0) is 4.79 Å². The van der Waals surface area contributed by atoms with Crippen LogP contribution in [0, 0.1) is 6.92 Å². The molecule has 0 saturated heterocycles. The molecular weight excluding hydrogens is 248 g/mol. The minimum Gasteiger partial charge on any atom is -0.477 e. The fraction of sp³-hybridized carbons (Fsp3) is 0.444. The number of amides is 1. The number of carboxylic acid groups (broad SMARTS) is 1. The van der Waals surface area contributed by atoms with Gasteiger partial charge in [0, 0.05) is 7.05 Å². The third-order valence-electron chi connectivity index (χ3n) is 1.86. The summed E-state index contributed by atoms with van der Waals surface area (Å²) in [5.74, 6) is -1.08. The lowest BCUT2D eigenvalue weighted by molar-refractivity contribution is -0.119. The lowest BCUT2D eigenvalue weighted by Crippen LogP contribution is -2.27. The molecule has 0 aliphatic rings. The Balaban J connectivity index is 2.79. The van der Waals surface area contributed by atoms with Crippen LogP contribution in [-0.4, -0.2) is 34.3 Å². The Hall–Kier alpha value is -1.08. The molecule has 0 aliphatic heterocycles. The quantitative estimate of drug-likeness (QED) is 0.799. The molecule has 1 rings (SSSR count). The van der Waals surface area contributed by atoms with Crippen molar-refractivity contribution in [2.24, 2.45) is 0 Å². The highest BCUT2D eigenvalue weighted by atomic mass is 32.2. The molecule has 1 unspecified atom stereocenters. The maximum atomic E-state index is 11.3. The number of nitrogens with one attached hydrogen (secondary N) is 1. The van der Waals surface area contributed by atoms with Crippen LogP contribution in [0.4, 0.5) is 0 Å². The Morgan fingerprint density at radius 1 is 1.56 bits per heavy atom. The van der Waals surface area contributed by atoms with Crippen LogP contribution in [0.25, 0.3) is 0 Å². The van der Waals surface area contributed by atoms with Crippen LogP contribution >= 0.6 is 23.1 Å². The monoisotopic (exact) mass is 260 g/mol. The minimum absolute atomic E-state index is 0.102. The molecule has 5 nitrogen and oxygen atoms in total. The molecule has 1 atom stereocenters. The number of carbonyl (C=O) groups excluding carboxylic acids is 1. The number of hydrogen-bond donors (Lipinski definition) is 2. The van der Waals surface area contributed by atoms with Gasteiger partial charge < -0.3 is 10.4 Å². The van der Waals surface area contributed by atoms with Crippen molar-refractivity contribution in [3.63, 3.8) is 0 Å². The van der Waals surface area contributed by atoms with E-state index in [-0.39, 0.29) is 16.0 Å². The van der Waals surface area contributed by atoms with E-state index in [1.807, 2.05) is 0 Å². The van der Waals surface area contributed by atoms with Gasteiger partial charge in [-0.2, -0.15) is 0 Å². The molecule has 16 heavy (non-hydrogen) atoms. The van der Waals surface area contributed by atoms with E-state index in [4.69, 9.17) is 5.11 Å². The highest BCUT2D eigenvalue weighted by Crippen LogP contribution is 2.30. The van der Waals surface area contributed by atoms with Crippen LogP contribution in [0.3, 0.4) is 0 Å². The second-order valence-electron chi connectivity index (χ2n) is 3.07. The number of carboxylic acids is 1. The molecule has 0 aromatic carbocycles. The van der Waals surface area contributed by atoms with Crippen molar-refractivity contribution < 1.29 is 14.7 Å². The molecule has 0 saturated carbocycles. The van der Waals surface area contributed by atoms with E-state index in [0.717, 1.165) is 11.3 Å². The van der Waals surface area contributed by atoms with Crippen LogP contribution in [0.2, 0.25) is 0 Å². The topological polar surface area (TPSA) is 79.3 Å². The van der Waals surface area contributed by atoms with E-state index in [1.165, 1.54) is 11.8 Å². The number of hydrogen-bond acceptors (Lipinski definition) is 5. The highest BCUT2D eigenvalue weighted by molar-refractivity contribution is 8.02. The summed E-state index contributed by atoms with van der Waals surface area (Å²) in [6, 6.07) is 0. The Bertz CT molecular complexity index is 417. The molecule has 88 valence electrons. The molecule has 1 amide bonds. The Kier molecular flexibility index (Phi) is 4.31. The van der Waals surface area contributed by atoms with E-state index >= 15 is 0 Å². The smallest absolute Gasteiger partial charge is 0.347 e. The first-order chi connectivity index (χ1) is 7.45. The number of aromatic nitrogens is 1. The van der Waals surface area contributed by atoms with Gasteiger partial charge in [-0.1, -0.05) is 11.8 Å². The average molecular weight is 260 g/mol. The van der Waals surface area contributed by atoms with E-state index < -0.39 is 5.97 Å². The largest absolute Gasteiger partial charge is 0.477 e. The van der Waals surface area contributed by atoms with Crippen LogP contribution in [0.5, 0.6) is 0 Å². The zero-order valence-corrected chi connectivity index (χ0v) is 10.7. The molecule has 0 radical (unpaired) electrons. The van der Waals surface area contributed by atoms with Crippen molar-refractivity contribution in [3.05, 3.63) is 10.6 Å². The Morgan fingerprint density at radius 2 is 2.19 bits per heavy atom. The zero-order chi connectivity index (χ0) is 12.3. The first-order valence-electron chi connectivity index (χ1n) is 4.54. The third-order valence-corrected chi connectivity index (χ3v) is 4.20. The number of aryl methyl sites for hydroxylation is 1. The zero-order valence-electron chi connectivity index (χ0n) is 9.10. The van der Waals surface area contributed by atoms with Crippen molar-refractivity contribution in [1.82, 2.24) is 10.3 Å². The SMILES string of the molecule is CNC(=O)C(C)Sc1nc(C)c(C(=O)O)s1. The van der Waals surface area contributed by atoms with Crippen LogP contribution in [0.1, 0.15) is 22.3 Å². The molecule has 7 heteroatoms. The standard InChI is InChI=1S/C9H12N2O3S2/c1-4-6(8(13)14)16-9(11-4)15-5(2)7(12)10-3/h5H,1-3H3,(H,10,12)(H,13,14). The van der Waals surface area contributed by atoms with Crippen molar-refractivity contribution in [3.8, 4) is 0 Å². The molecule has 0 spiro atoms. The predicted molar refractivity (Wildman–Crippen MR) is 63.2 cm³/mol. The van der Waals surface area contributed by atoms with Gasteiger partial charge in [0.1, 0.15) is 4.88 Å². The fourth-order valence-electron chi connectivity index (χ4n) is 1.03. The predicted octanol–water partition coefficient (Wildman–Crippen LogP) is 1.38. The second kappa shape index (κ2) is 5.31. The normalized spacial score (nSPS) is 12.2. The van der Waals surface area contributed by atoms with Gasteiger partial charge in [0.2, 0.25) is 5.91 Å². The summed E-state index contributed by atoms with van der Waals surface area (Å²) in [7, 11) is 1.56. The molecule has 2 N–H and O–H groups in total. The maximum absolute atomic E-state index is 11.3. The van der Waals surface area contributed by atoms with Gasteiger partial charge in [0.25, 0.3) is 0 Å². The second-order valence-corrected chi connectivity index (χ2v) is 5.66. The van der Waals surface area contributed by atoms with Gasteiger partial charge in [-0.25, -0.2) is 9.78 Å². The van der Waals surface area contributed by atoms with Gasteiger partial charge in [0.05, 0.1) is 10.9 Å². The number of rotatable bonds is 4. The first-order valence-corrected chi connectivity index (χ1v) is 6.24.